The smallest absolute Gasteiger partial charge is 0.190 e. The standard InChI is InChI=1S/C18H17ClN4S/c19-14-9-5-4-8-13(14)16-15(10-20)22-18(23-17(16)21)24-11-12-6-2-1-3-7-12/h1-9H,10-11,20H2,(H2,21,22,23). The highest BCUT2D eigenvalue weighted by Gasteiger charge is 2.16. The van der Waals surface area contributed by atoms with E-state index in [1.165, 1.54) is 17.3 Å². The average Bonchev–Trinajstić information content (AvgIpc) is 2.61. The van der Waals surface area contributed by atoms with Gasteiger partial charge in [0.1, 0.15) is 5.82 Å². The van der Waals surface area contributed by atoms with Crippen molar-refractivity contribution in [2.24, 2.45) is 5.73 Å². The van der Waals surface area contributed by atoms with Crippen molar-refractivity contribution in [1.82, 2.24) is 9.97 Å². The fraction of sp³-hybridized carbons (Fsp3) is 0.111. The van der Waals surface area contributed by atoms with E-state index in [9.17, 15) is 0 Å². The van der Waals surface area contributed by atoms with E-state index < -0.39 is 0 Å². The molecule has 0 atom stereocenters. The van der Waals surface area contributed by atoms with Crippen LogP contribution in [0.2, 0.25) is 5.02 Å². The molecule has 24 heavy (non-hydrogen) atoms. The molecule has 4 nitrogen and oxygen atoms in total. The Labute approximate surface area is 150 Å². The normalized spacial score (nSPS) is 10.8. The summed E-state index contributed by atoms with van der Waals surface area (Å²) in [6.07, 6.45) is 0. The van der Waals surface area contributed by atoms with Crippen molar-refractivity contribution in [3.05, 3.63) is 70.9 Å². The molecular weight excluding hydrogens is 340 g/mol. The van der Waals surface area contributed by atoms with Gasteiger partial charge in [-0.05, 0) is 11.6 Å². The van der Waals surface area contributed by atoms with Gasteiger partial charge in [-0.2, -0.15) is 0 Å². The largest absolute Gasteiger partial charge is 0.383 e. The fourth-order valence-electron chi connectivity index (χ4n) is 2.39. The average molecular weight is 357 g/mol. The van der Waals surface area contributed by atoms with Gasteiger partial charge >= 0.3 is 0 Å². The van der Waals surface area contributed by atoms with Crippen LogP contribution in [-0.4, -0.2) is 9.97 Å². The van der Waals surface area contributed by atoms with Gasteiger partial charge in [0.05, 0.1) is 5.69 Å². The molecule has 0 aliphatic carbocycles. The molecule has 3 aromatic rings. The molecule has 0 aliphatic rings. The maximum absolute atomic E-state index is 6.28. The summed E-state index contributed by atoms with van der Waals surface area (Å²) in [6, 6.07) is 17.6. The lowest BCUT2D eigenvalue weighted by molar-refractivity contribution is 0.884. The van der Waals surface area contributed by atoms with E-state index >= 15 is 0 Å². The number of nitrogens with zero attached hydrogens (tertiary/aromatic N) is 2. The zero-order chi connectivity index (χ0) is 16.9. The van der Waals surface area contributed by atoms with Crippen LogP contribution in [0.25, 0.3) is 11.1 Å². The second-order valence-corrected chi connectivity index (χ2v) is 6.52. The lowest BCUT2D eigenvalue weighted by Crippen LogP contribution is -2.08. The zero-order valence-corrected chi connectivity index (χ0v) is 14.5. The Kier molecular flexibility index (Phi) is 5.35. The second-order valence-electron chi connectivity index (χ2n) is 5.17. The Morgan fingerprint density at radius 3 is 2.38 bits per heavy atom. The molecule has 0 saturated heterocycles. The third-order valence-electron chi connectivity index (χ3n) is 3.54. The monoisotopic (exact) mass is 356 g/mol. The number of hydrogen-bond donors (Lipinski definition) is 2. The quantitative estimate of drug-likeness (QED) is 0.531. The van der Waals surface area contributed by atoms with Crippen molar-refractivity contribution < 1.29 is 0 Å². The van der Waals surface area contributed by atoms with Crippen molar-refractivity contribution in [3.8, 4) is 11.1 Å². The highest BCUT2D eigenvalue weighted by Crippen LogP contribution is 2.34. The summed E-state index contributed by atoms with van der Waals surface area (Å²) >= 11 is 7.82. The summed E-state index contributed by atoms with van der Waals surface area (Å²) in [7, 11) is 0. The van der Waals surface area contributed by atoms with Crippen LogP contribution in [-0.2, 0) is 12.3 Å². The molecule has 0 radical (unpaired) electrons. The van der Waals surface area contributed by atoms with Gasteiger partial charge in [-0.1, -0.05) is 71.9 Å². The van der Waals surface area contributed by atoms with Gasteiger partial charge in [0.15, 0.2) is 5.16 Å². The molecule has 2 aromatic carbocycles. The molecule has 0 bridgehead atoms. The van der Waals surface area contributed by atoms with Crippen molar-refractivity contribution in [3.63, 3.8) is 0 Å². The van der Waals surface area contributed by atoms with Crippen LogP contribution in [0.4, 0.5) is 5.82 Å². The first-order valence-corrected chi connectivity index (χ1v) is 8.83. The lowest BCUT2D eigenvalue weighted by Gasteiger charge is -2.13. The number of aromatic nitrogens is 2. The SMILES string of the molecule is NCc1nc(SCc2ccccc2)nc(N)c1-c1ccccc1Cl. The second kappa shape index (κ2) is 7.66. The molecule has 1 heterocycles. The number of rotatable bonds is 5. The van der Waals surface area contributed by atoms with Crippen molar-refractivity contribution in [2.75, 3.05) is 5.73 Å². The molecule has 6 heteroatoms. The van der Waals surface area contributed by atoms with Gasteiger partial charge in [-0.3, -0.25) is 0 Å². The molecule has 122 valence electrons. The number of nitrogens with two attached hydrogens (primary N) is 2. The number of benzene rings is 2. The fourth-order valence-corrected chi connectivity index (χ4v) is 3.45. The van der Waals surface area contributed by atoms with E-state index in [2.05, 4.69) is 22.1 Å². The van der Waals surface area contributed by atoms with Crippen molar-refractivity contribution in [2.45, 2.75) is 17.5 Å². The third kappa shape index (κ3) is 3.70. The minimum absolute atomic E-state index is 0.270. The van der Waals surface area contributed by atoms with E-state index in [0.717, 1.165) is 11.3 Å². The topological polar surface area (TPSA) is 77.8 Å². The van der Waals surface area contributed by atoms with Crippen LogP contribution < -0.4 is 11.5 Å². The van der Waals surface area contributed by atoms with Crippen LogP contribution in [0.1, 0.15) is 11.3 Å². The Balaban J connectivity index is 1.92. The molecule has 0 saturated carbocycles. The van der Waals surface area contributed by atoms with Gasteiger partial charge in [0, 0.05) is 28.4 Å². The number of thioether (sulfide) groups is 1. The lowest BCUT2D eigenvalue weighted by atomic mass is 10.0. The molecule has 0 unspecified atom stereocenters. The zero-order valence-electron chi connectivity index (χ0n) is 12.9. The number of nitrogen functional groups attached to an aromatic ring is 1. The first-order valence-electron chi connectivity index (χ1n) is 7.47. The maximum Gasteiger partial charge on any atom is 0.190 e. The summed E-state index contributed by atoms with van der Waals surface area (Å²) < 4.78 is 0. The van der Waals surface area contributed by atoms with Crippen LogP contribution in [0.5, 0.6) is 0 Å². The van der Waals surface area contributed by atoms with Gasteiger partial charge in [0.2, 0.25) is 0 Å². The van der Waals surface area contributed by atoms with Gasteiger partial charge < -0.3 is 11.5 Å². The molecule has 3 rings (SSSR count). The molecule has 1 aromatic heterocycles. The summed E-state index contributed by atoms with van der Waals surface area (Å²) in [6.45, 7) is 0.270. The van der Waals surface area contributed by atoms with E-state index in [1.807, 2.05) is 42.5 Å². The van der Waals surface area contributed by atoms with Gasteiger partial charge in [-0.25, -0.2) is 9.97 Å². The van der Waals surface area contributed by atoms with Crippen LogP contribution >= 0.6 is 23.4 Å². The van der Waals surface area contributed by atoms with E-state index in [4.69, 9.17) is 23.1 Å². The van der Waals surface area contributed by atoms with Gasteiger partial charge in [0.25, 0.3) is 0 Å². The minimum Gasteiger partial charge on any atom is -0.383 e. The maximum atomic E-state index is 6.28. The summed E-state index contributed by atoms with van der Waals surface area (Å²) in [5.41, 5.74) is 15.5. The first-order chi connectivity index (χ1) is 11.7. The van der Waals surface area contributed by atoms with E-state index in [1.54, 1.807) is 0 Å². The van der Waals surface area contributed by atoms with Crippen molar-refractivity contribution in [1.29, 1.82) is 0 Å². The predicted octanol–water partition coefficient (Wildman–Crippen LogP) is 4.13. The van der Waals surface area contributed by atoms with Crippen LogP contribution in [0.3, 0.4) is 0 Å². The summed E-state index contributed by atoms with van der Waals surface area (Å²) in [4.78, 5) is 9.00. The van der Waals surface area contributed by atoms with E-state index in [-0.39, 0.29) is 6.54 Å². The molecule has 0 aliphatic heterocycles. The Morgan fingerprint density at radius 2 is 1.67 bits per heavy atom. The third-order valence-corrected chi connectivity index (χ3v) is 4.79. The first kappa shape index (κ1) is 16.8. The molecular formula is C18H17ClN4S. The predicted molar refractivity (Wildman–Crippen MR) is 101 cm³/mol. The van der Waals surface area contributed by atoms with E-state index in [0.29, 0.717) is 27.3 Å². The highest BCUT2D eigenvalue weighted by atomic mass is 35.5. The molecule has 4 N–H and O–H groups in total. The number of halogens is 1. The van der Waals surface area contributed by atoms with Crippen LogP contribution in [0.15, 0.2) is 59.8 Å². The molecule has 0 spiro atoms. The van der Waals surface area contributed by atoms with Gasteiger partial charge in [-0.15, -0.1) is 0 Å². The van der Waals surface area contributed by atoms with Crippen LogP contribution in [0, 0.1) is 0 Å². The molecule has 0 fully saturated rings. The van der Waals surface area contributed by atoms with Crippen molar-refractivity contribution >= 4 is 29.2 Å². The summed E-state index contributed by atoms with van der Waals surface area (Å²) in [5.74, 6) is 1.17. The Hall–Kier alpha value is -2.08. The highest BCUT2D eigenvalue weighted by molar-refractivity contribution is 7.98. The number of anilines is 1. The Morgan fingerprint density at radius 1 is 0.958 bits per heavy atom. The summed E-state index contributed by atoms with van der Waals surface area (Å²) in [5, 5.41) is 1.22. The minimum atomic E-state index is 0.270. The number of hydrogen-bond acceptors (Lipinski definition) is 5. The Bertz CT molecular complexity index is 840. The molecule has 0 amide bonds.